The molecule has 166 valence electrons. The van der Waals surface area contributed by atoms with E-state index in [9.17, 15) is 14.7 Å². The van der Waals surface area contributed by atoms with Crippen molar-refractivity contribution >= 4 is 17.6 Å². The fourth-order valence-electron chi connectivity index (χ4n) is 4.37. The molecule has 1 N–H and O–H groups in total. The normalized spacial score (nSPS) is 18.8. The van der Waals surface area contributed by atoms with Crippen LogP contribution in [-0.4, -0.2) is 36.0 Å². The van der Waals surface area contributed by atoms with Crippen molar-refractivity contribution in [1.29, 1.82) is 0 Å². The zero-order chi connectivity index (χ0) is 22.6. The molecule has 1 aromatic carbocycles. The molecule has 31 heavy (non-hydrogen) atoms. The van der Waals surface area contributed by atoms with Crippen molar-refractivity contribution in [3.63, 3.8) is 0 Å². The molecule has 1 atom stereocenters. The second-order valence-electron chi connectivity index (χ2n) is 9.90. The highest BCUT2D eigenvalue weighted by Crippen LogP contribution is 2.48. The van der Waals surface area contributed by atoms with E-state index < -0.39 is 11.4 Å². The van der Waals surface area contributed by atoms with Crippen molar-refractivity contribution in [2.45, 2.75) is 46.1 Å². The number of carboxylic acid groups (broad SMARTS) is 1. The van der Waals surface area contributed by atoms with Crippen LogP contribution in [-0.2, 0) is 11.2 Å². The van der Waals surface area contributed by atoms with Crippen LogP contribution < -0.4 is 10.2 Å². The molecule has 0 unspecified atom stereocenters. The first kappa shape index (κ1) is 21.9. The Morgan fingerprint density at radius 3 is 2.55 bits per heavy atom. The monoisotopic (exact) mass is 445 g/mol. The number of rotatable bonds is 6. The highest BCUT2D eigenvalue weighted by Gasteiger charge is 2.44. The van der Waals surface area contributed by atoms with Crippen LogP contribution in [0.3, 0.4) is 0 Å². The molecule has 1 aliphatic heterocycles. The van der Waals surface area contributed by atoms with Crippen molar-refractivity contribution in [3.05, 3.63) is 50.8 Å². The van der Waals surface area contributed by atoms with Crippen molar-refractivity contribution in [2.24, 2.45) is 10.8 Å². The lowest BCUT2D eigenvalue weighted by atomic mass is 9.79. The summed E-state index contributed by atoms with van der Waals surface area (Å²) >= 11 is 6.56. The number of nitrogens with zero attached hydrogens (tertiary/aromatic N) is 1. The van der Waals surface area contributed by atoms with Gasteiger partial charge in [-0.2, -0.15) is 0 Å². The molecule has 0 saturated heterocycles. The first-order valence-corrected chi connectivity index (χ1v) is 10.9. The maximum atomic E-state index is 12.5. The second kappa shape index (κ2) is 7.68. The SMILES string of the molecule is COCC1(COc2cc3c(cc2Cl)-c2cc(=O)c(C(=O)O)cn2[C@H](C(C)(C)C)C3)CC1. The van der Waals surface area contributed by atoms with Gasteiger partial charge in [-0.15, -0.1) is 0 Å². The lowest BCUT2D eigenvalue weighted by Gasteiger charge is -2.39. The van der Waals surface area contributed by atoms with Gasteiger partial charge in [-0.25, -0.2) is 4.79 Å². The van der Waals surface area contributed by atoms with Crippen LogP contribution in [0.25, 0.3) is 11.3 Å². The maximum Gasteiger partial charge on any atom is 0.341 e. The van der Waals surface area contributed by atoms with Gasteiger partial charge in [0.2, 0.25) is 0 Å². The average Bonchev–Trinajstić information content (AvgIpc) is 3.44. The number of pyridine rings is 1. The standard InChI is InChI=1S/C24H28ClNO5/c1-23(2,3)21-8-14-7-20(31-13-24(5-6-24)12-30-4)17(25)9-15(14)18-10-19(27)16(22(28)29)11-26(18)21/h7,9-11,21H,5-6,8,12-13H2,1-4H3,(H,28,29)/t21-/m0/s1. The van der Waals surface area contributed by atoms with E-state index in [1.807, 2.05) is 16.7 Å². The Hall–Kier alpha value is -2.31. The molecule has 0 amide bonds. The number of benzene rings is 1. The summed E-state index contributed by atoms with van der Waals surface area (Å²) in [5.74, 6) is -0.584. The Labute approximate surface area is 186 Å². The predicted molar refractivity (Wildman–Crippen MR) is 119 cm³/mol. The highest BCUT2D eigenvalue weighted by molar-refractivity contribution is 6.32. The topological polar surface area (TPSA) is 77.8 Å². The van der Waals surface area contributed by atoms with Crippen molar-refractivity contribution < 1.29 is 19.4 Å². The number of ether oxygens (including phenoxy) is 2. The number of fused-ring (bicyclic) bond motifs is 3. The van der Waals surface area contributed by atoms with Crippen LogP contribution in [0, 0.1) is 10.8 Å². The minimum atomic E-state index is -1.22. The molecular weight excluding hydrogens is 418 g/mol. The Bertz CT molecular complexity index is 1090. The van der Waals surface area contributed by atoms with Gasteiger partial charge in [0.25, 0.3) is 0 Å². The van der Waals surface area contributed by atoms with Gasteiger partial charge in [0.05, 0.1) is 23.9 Å². The Morgan fingerprint density at radius 2 is 1.97 bits per heavy atom. The summed E-state index contributed by atoms with van der Waals surface area (Å²) in [6.07, 6.45) is 4.32. The Morgan fingerprint density at radius 1 is 1.26 bits per heavy atom. The fraction of sp³-hybridized carbons (Fsp3) is 0.500. The smallest absolute Gasteiger partial charge is 0.341 e. The lowest BCUT2D eigenvalue weighted by molar-refractivity contribution is 0.0693. The van der Waals surface area contributed by atoms with E-state index in [4.69, 9.17) is 21.1 Å². The number of halogens is 1. The van der Waals surface area contributed by atoms with E-state index in [-0.39, 0.29) is 22.4 Å². The summed E-state index contributed by atoms with van der Waals surface area (Å²) in [4.78, 5) is 24.0. The van der Waals surface area contributed by atoms with E-state index in [0.717, 1.165) is 24.0 Å². The molecule has 2 aromatic rings. The third-order valence-corrected chi connectivity index (χ3v) is 6.73. The van der Waals surface area contributed by atoms with Gasteiger partial charge in [-0.3, -0.25) is 4.79 Å². The predicted octanol–water partition coefficient (Wildman–Crippen LogP) is 4.82. The van der Waals surface area contributed by atoms with Crippen LogP contribution in [0.5, 0.6) is 5.75 Å². The van der Waals surface area contributed by atoms with Crippen LogP contribution in [0.15, 0.2) is 29.2 Å². The van der Waals surface area contributed by atoms with Gasteiger partial charge in [-0.1, -0.05) is 32.4 Å². The molecule has 2 heterocycles. The van der Waals surface area contributed by atoms with E-state index in [0.29, 0.717) is 36.1 Å². The molecule has 0 radical (unpaired) electrons. The van der Waals surface area contributed by atoms with Crippen LogP contribution in [0.2, 0.25) is 5.02 Å². The summed E-state index contributed by atoms with van der Waals surface area (Å²) in [5.41, 5.74) is 1.75. The van der Waals surface area contributed by atoms with Crippen LogP contribution in [0.4, 0.5) is 0 Å². The molecular formula is C24H28ClNO5. The molecule has 7 heteroatoms. The minimum absolute atomic E-state index is 0.0222. The number of hydrogen-bond donors (Lipinski definition) is 1. The molecule has 1 saturated carbocycles. The van der Waals surface area contributed by atoms with Gasteiger partial charge in [0.1, 0.15) is 11.3 Å². The molecule has 0 spiro atoms. The Balaban J connectivity index is 1.77. The summed E-state index contributed by atoms with van der Waals surface area (Å²) in [7, 11) is 1.70. The number of methoxy groups -OCH3 is 1. The molecule has 1 aliphatic carbocycles. The fourth-order valence-corrected chi connectivity index (χ4v) is 4.59. The lowest BCUT2D eigenvalue weighted by Crippen LogP contribution is -2.32. The van der Waals surface area contributed by atoms with E-state index in [2.05, 4.69) is 20.8 Å². The summed E-state index contributed by atoms with van der Waals surface area (Å²) in [5, 5.41) is 9.91. The molecule has 0 bridgehead atoms. The van der Waals surface area contributed by atoms with Gasteiger partial charge in [-0.05, 0) is 42.4 Å². The first-order valence-electron chi connectivity index (χ1n) is 10.5. The zero-order valence-electron chi connectivity index (χ0n) is 18.3. The maximum absolute atomic E-state index is 12.5. The van der Waals surface area contributed by atoms with Crippen LogP contribution >= 0.6 is 11.6 Å². The van der Waals surface area contributed by atoms with Crippen LogP contribution in [0.1, 0.15) is 55.6 Å². The molecule has 2 aliphatic rings. The zero-order valence-corrected chi connectivity index (χ0v) is 19.1. The third kappa shape index (κ3) is 4.11. The van der Waals surface area contributed by atoms with Gasteiger partial charge in [0.15, 0.2) is 5.43 Å². The number of carboxylic acids is 1. The van der Waals surface area contributed by atoms with Crippen molar-refractivity contribution in [2.75, 3.05) is 20.3 Å². The van der Waals surface area contributed by atoms with E-state index >= 15 is 0 Å². The van der Waals surface area contributed by atoms with Crippen molar-refractivity contribution in [3.8, 4) is 17.0 Å². The molecule has 6 nitrogen and oxygen atoms in total. The van der Waals surface area contributed by atoms with Gasteiger partial charge in [0, 0.05) is 36.4 Å². The summed E-state index contributed by atoms with van der Waals surface area (Å²) in [6.45, 7) is 7.56. The quantitative estimate of drug-likeness (QED) is 0.690. The number of aromatic carboxylic acids is 1. The third-order valence-electron chi connectivity index (χ3n) is 6.43. The molecule has 4 rings (SSSR count). The van der Waals surface area contributed by atoms with E-state index in [1.165, 1.54) is 12.3 Å². The second-order valence-corrected chi connectivity index (χ2v) is 10.3. The number of hydrogen-bond acceptors (Lipinski definition) is 4. The summed E-state index contributed by atoms with van der Waals surface area (Å²) in [6, 6.07) is 5.19. The molecule has 1 fully saturated rings. The van der Waals surface area contributed by atoms with E-state index in [1.54, 1.807) is 7.11 Å². The summed E-state index contributed by atoms with van der Waals surface area (Å²) < 4.78 is 13.3. The van der Waals surface area contributed by atoms with Gasteiger partial charge < -0.3 is 19.1 Å². The average molecular weight is 446 g/mol. The highest BCUT2D eigenvalue weighted by atomic mass is 35.5. The first-order chi connectivity index (χ1) is 14.5. The largest absolute Gasteiger partial charge is 0.491 e. The minimum Gasteiger partial charge on any atom is -0.491 e. The van der Waals surface area contributed by atoms with Gasteiger partial charge >= 0.3 is 5.97 Å². The van der Waals surface area contributed by atoms with Crippen molar-refractivity contribution in [1.82, 2.24) is 4.57 Å². The number of carbonyl (C=O) groups is 1. The number of aromatic nitrogens is 1. The Kier molecular flexibility index (Phi) is 5.42. The molecule has 1 aromatic heterocycles.